The molecule has 0 fully saturated rings. The first-order valence-electron chi connectivity index (χ1n) is 9.48. The Hall–Kier alpha value is -1.16. The number of aliphatic imine (C=N–C) groups is 1. The summed E-state index contributed by atoms with van der Waals surface area (Å²) in [6.45, 7) is 14.0. The second-order valence-corrected chi connectivity index (χ2v) is 7.88. The van der Waals surface area contributed by atoms with E-state index in [-0.39, 0.29) is 24.0 Å². The van der Waals surface area contributed by atoms with Crippen molar-refractivity contribution in [2.75, 3.05) is 19.6 Å². The monoisotopic (exact) mass is 504 g/mol. The topological polar surface area (TPSA) is 67.1 Å². The number of guanidine groups is 1. The fourth-order valence-corrected chi connectivity index (χ4v) is 3.58. The fourth-order valence-electron chi connectivity index (χ4n) is 2.72. The fraction of sp³-hybridized carbons (Fsp3) is 0.632. The van der Waals surface area contributed by atoms with E-state index >= 15 is 0 Å². The van der Waals surface area contributed by atoms with Gasteiger partial charge in [-0.2, -0.15) is 5.10 Å². The minimum Gasteiger partial charge on any atom is -0.357 e. The van der Waals surface area contributed by atoms with Crippen LogP contribution in [-0.2, 0) is 19.4 Å². The van der Waals surface area contributed by atoms with E-state index in [1.165, 1.54) is 15.6 Å². The minimum atomic E-state index is 0. The van der Waals surface area contributed by atoms with Gasteiger partial charge in [-0.25, -0.2) is 4.98 Å². The summed E-state index contributed by atoms with van der Waals surface area (Å²) >= 11 is 1.80. The quantitative estimate of drug-likeness (QED) is 0.311. The van der Waals surface area contributed by atoms with Crippen molar-refractivity contribution in [1.82, 2.24) is 25.4 Å². The van der Waals surface area contributed by atoms with E-state index in [0.717, 1.165) is 50.7 Å². The summed E-state index contributed by atoms with van der Waals surface area (Å²) in [5.41, 5.74) is 2.28. The molecule has 0 bridgehead atoms. The van der Waals surface area contributed by atoms with E-state index in [9.17, 15) is 0 Å². The van der Waals surface area contributed by atoms with Crippen molar-refractivity contribution in [3.8, 4) is 0 Å². The van der Waals surface area contributed by atoms with Crippen molar-refractivity contribution < 1.29 is 0 Å². The zero-order valence-electron chi connectivity index (χ0n) is 17.1. The van der Waals surface area contributed by atoms with Gasteiger partial charge in [0.25, 0.3) is 0 Å². The molecule has 1 unspecified atom stereocenters. The van der Waals surface area contributed by atoms with Crippen LogP contribution < -0.4 is 10.6 Å². The highest BCUT2D eigenvalue weighted by atomic mass is 127. The molecule has 1 atom stereocenters. The van der Waals surface area contributed by atoms with Gasteiger partial charge < -0.3 is 10.6 Å². The Kier molecular flexibility index (Phi) is 10.9. The molecule has 0 saturated heterocycles. The molecule has 8 heteroatoms. The van der Waals surface area contributed by atoms with Crippen LogP contribution in [0.15, 0.2) is 17.3 Å². The maximum atomic E-state index is 4.73. The van der Waals surface area contributed by atoms with Crippen LogP contribution >= 0.6 is 35.3 Å². The van der Waals surface area contributed by atoms with Crippen molar-refractivity contribution in [2.45, 2.75) is 54.0 Å². The van der Waals surface area contributed by atoms with Crippen LogP contribution in [0.1, 0.15) is 42.0 Å². The van der Waals surface area contributed by atoms with Gasteiger partial charge in [0, 0.05) is 49.4 Å². The predicted octanol–water partition coefficient (Wildman–Crippen LogP) is 3.57. The van der Waals surface area contributed by atoms with Crippen LogP contribution in [0.2, 0.25) is 0 Å². The van der Waals surface area contributed by atoms with Crippen LogP contribution in [0.4, 0.5) is 0 Å². The Morgan fingerprint density at radius 3 is 2.67 bits per heavy atom. The van der Waals surface area contributed by atoms with Gasteiger partial charge in [-0.15, -0.1) is 35.3 Å². The van der Waals surface area contributed by atoms with Gasteiger partial charge in [0.1, 0.15) is 0 Å². The second-order valence-electron chi connectivity index (χ2n) is 6.68. The third-order valence-electron chi connectivity index (χ3n) is 4.07. The minimum absolute atomic E-state index is 0. The molecule has 2 heterocycles. The molecule has 27 heavy (non-hydrogen) atoms. The first-order chi connectivity index (χ1) is 12.5. The number of aryl methyl sites for hydroxylation is 3. The number of aromatic nitrogens is 3. The van der Waals surface area contributed by atoms with Crippen molar-refractivity contribution >= 4 is 41.3 Å². The van der Waals surface area contributed by atoms with E-state index < -0.39 is 0 Å². The zero-order chi connectivity index (χ0) is 18.9. The summed E-state index contributed by atoms with van der Waals surface area (Å²) in [5.74, 6) is 1.30. The second kappa shape index (κ2) is 12.3. The Morgan fingerprint density at radius 1 is 1.30 bits per heavy atom. The van der Waals surface area contributed by atoms with Gasteiger partial charge in [-0.3, -0.25) is 9.67 Å². The van der Waals surface area contributed by atoms with E-state index in [0.29, 0.717) is 5.92 Å². The van der Waals surface area contributed by atoms with Crippen LogP contribution in [0, 0.1) is 19.8 Å². The highest BCUT2D eigenvalue weighted by Gasteiger charge is 2.08. The molecule has 2 N–H and O–H groups in total. The standard InChI is InChI=1S/C19H32N6S.HI/c1-6-17-12-22-18(26-17)8-9-21-19(20-7-2)23-11-14(3)13-25-16(5)10-15(4)24-25;/h10,12,14H,6-9,11,13H2,1-5H3,(H2,20,21,23);1H. The van der Waals surface area contributed by atoms with Gasteiger partial charge in [0.05, 0.1) is 10.7 Å². The average molecular weight is 504 g/mol. The molecule has 0 spiro atoms. The van der Waals surface area contributed by atoms with Crippen LogP contribution in [0.5, 0.6) is 0 Å². The highest BCUT2D eigenvalue weighted by molar-refractivity contribution is 14.0. The van der Waals surface area contributed by atoms with E-state index in [1.807, 2.05) is 13.1 Å². The molecular formula is C19H33IN6S. The molecule has 2 aromatic rings. The first kappa shape index (κ1) is 23.9. The Morgan fingerprint density at radius 2 is 2.07 bits per heavy atom. The molecule has 2 rings (SSSR count). The first-order valence-corrected chi connectivity index (χ1v) is 10.3. The third-order valence-corrected chi connectivity index (χ3v) is 5.28. The summed E-state index contributed by atoms with van der Waals surface area (Å²) in [4.78, 5) is 10.6. The predicted molar refractivity (Wildman–Crippen MR) is 125 cm³/mol. The molecule has 152 valence electrons. The number of rotatable bonds is 9. The van der Waals surface area contributed by atoms with Crippen molar-refractivity contribution in [3.63, 3.8) is 0 Å². The maximum absolute atomic E-state index is 4.73. The molecule has 0 aliphatic carbocycles. The molecule has 2 aromatic heterocycles. The molecule has 0 aliphatic rings. The van der Waals surface area contributed by atoms with E-state index in [1.54, 1.807) is 11.3 Å². The number of thiazole rings is 1. The molecule has 0 amide bonds. The van der Waals surface area contributed by atoms with Crippen molar-refractivity contribution in [2.24, 2.45) is 10.9 Å². The summed E-state index contributed by atoms with van der Waals surface area (Å²) in [5, 5.41) is 12.5. The lowest BCUT2D eigenvalue weighted by Gasteiger charge is -2.14. The molecule has 0 aliphatic heterocycles. The SMILES string of the molecule is CCNC(=NCC(C)Cn1nc(C)cc1C)NCCc1ncc(CC)s1.I. The van der Waals surface area contributed by atoms with E-state index in [2.05, 4.69) is 59.2 Å². The van der Waals surface area contributed by atoms with E-state index in [4.69, 9.17) is 4.99 Å². The summed E-state index contributed by atoms with van der Waals surface area (Å²) in [6.07, 6.45) is 3.97. The Labute approximate surface area is 184 Å². The lowest BCUT2D eigenvalue weighted by Crippen LogP contribution is -2.38. The largest absolute Gasteiger partial charge is 0.357 e. The molecule has 0 saturated carbocycles. The number of hydrogen-bond donors (Lipinski definition) is 2. The third kappa shape index (κ3) is 8.16. The van der Waals surface area contributed by atoms with Crippen LogP contribution in [0.25, 0.3) is 0 Å². The Balaban J connectivity index is 0.00000364. The zero-order valence-corrected chi connectivity index (χ0v) is 20.2. The maximum Gasteiger partial charge on any atom is 0.191 e. The number of halogens is 1. The van der Waals surface area contributed by atoms with Crippen molar-refractivity contribution in [3.05, 3.63) is 33.5 Å². The van der Waals surface area contributed by atoms with Gasteiger partial charge in [0.15, 0.2) is 5.96 Å². The molecule has 0 radical (unpaired) electrons. The summed E-state index contributed by atoms with van der Waals surface area (Å²) in [6, 6.07) is 2.12. The summed E-state index contributed by atoms with van der Waals surface area (Å²) < 4.78 is 2.07. The molecular weight excluding hydrogens is 471 g/mol. The smallest absolute Gasteiger partial charge is 0.191 e. The number of nitrogens with one attached hydrogen (secondary N) is 2. The lowest BCUT2D eigenvalue weighted by molar-refractivity contribution is 0.449. The van der Waals surface area contributed by atoms with Crippen molar-refractivity contribution in [1.29, 1.82) is 0 Å². The Bertz CT molecular complexity index is 709. The molecule has 0 aromatic carbocycles. The normalized spacial score (nSPS) is 12.6. The summed E-state index contributed by atoms with van der Waals surface area (Å²) in [7, 11) is 0. The molecule has 6 nitrogen and oxygen atoms in total. The average Bonchev–Trinajstić information content (AvgIpc) is 3.18. The highest BCUT2D eigenvalue weighted by Crippen LogP contribution is 2.13. The van der Waals surface area contributed by atoms with Gasteiger partial charge in [-0.1, -0.05) is 13.8 Å². The van der Waals surface area contributed by atoms with Gasteiger partial charge >= 0.3 is 0 Å². The van der Waals surface area contributed by atoms with Crippen LogP contribution in [-0.4, -0.2) is 40.4 Å². The lowest BCUT2D eigenvalue weighted by atomic mass is 10.2. The van der Waals surface area contributed by atoms with Gasteiger partial charge in [0.2, 0.25) is 0 Å². The number of hydrogen-bond acceptors (Lipinski definition) is 4. The number of nitrogens with zero attached hydrogens (tertiary/aromatic N) is 4. The van der Waals surface area contributed by atoms with Gasteiger partial charge in [-0.05, 0) is 39.2 Å². The van der Waals surface area contributed by atoms with Crippen LogP contribution in [0.3, 0.4) is 0 Å².